The van der Waals surface area contributed by atoms with E-state index in [1.54, 1.807) is 7.05 Å². The second kappa shape index (κ2) is 5.84. The number of hydrogen-bond donors (Lipinski definition) is 3. The van der Waals surface area contributed by atoms with E-state index in [4.69, 9.17) is 0 Å². The van der Waals surface area contributed by atoms with Crippen LogP contribution in [-0.2, 0) is 11.3 Å². The Labute approximate surface area is 112 Å². The molecule has 5 nitrogen and oxygen atoms in total. The van der Waals surface area contributed by atoms with Crippen LogP contribution in [0.3, 0.4) is 0 Å². The van der Waals surface area contributed by atoms with Crippen molar-refractivity contribution in [1.29, 1.82) is 0 Å². The van der Waals surface area contributed by atoms with Crippen molar-refractivity contribution >= 4 is 16.9 Å². The van der Waals surface area contributed by atoms with E-state index in [0.29, 0.717) is 19.0 Å². The largest absolute Gasteiger partial charge is 0.351 e. The van der Waals surface area contributed by atoms with Crippen molar-refractivity contribution in [1.82, 2.24) is 20.6 Å². The molecule has 0 unspecified atom stereocenters. The van der Waals surface area contributed by atoms with Crippen LogP contribution in [0, 0.1) is 0 Å². The van der Waals surface area contributed by atoms with Gasteiger partial charge in [-0.05, 0) is 24.7 Å². The summed E-state index contributed by atoms with van der Waals surface area (Å²) in [6.45, 7) is 5.09. The first-order chi connectivity index (χ1) is 9.10. The van der Waals surface area contributed by atoms with Gasteiger partial charge in [0, 0.05) is 12.5 Å². The first kappa shape index (κ1) is 13.5. The van der Waals surface area contributed by atoms with Crippen molar-refractivity contribution in [2.24, 2.45) is 0 Å². The summed E-state index contributed by atoms with van der Waals surface area (Å²) in [7, 11) is 1.75. The lowest BCUT2D eigenvalue weighted by molar-refractivity contribution is -0.120. The van der Waals surface area contributed by atoms with Gasteiger partial charge in [-0.3, -0.25) is 4.79 Å². The summed E-state index contributed by atoms with van der Waals surface area (Å²) in [6.07, 6.45) is 0. The zero-order valence-corrected chi connectivity index (χ0v) is 11.6. The average molecular weight is 260 g/mol. The highest BCUT2D eigenvalue weighted by molar-refractivity contribution is 5.78. The number of hydrogen-bond acceptors (Lipinski definition) is 3. The van der Waals surface area contributed by atoms with Crippen LogP contribution >= 0.6 is 0 Å². The van der Waals surface area contributed by atoms with Crippen LogP contribution in [0.2, 0.25) is 0 Å². The van der Waals surface area contributed by atoms with E-state index in [1.807, 2.05) is 18.2 Å². The van der Waals surface area contributed by atoms with Gasteiger partial charge in [0.05, 0.1) is 17.6 Å². The number of nitrogens with zero attached hydrogens (tertiary/aromatic N) is 1. The molecule has 2 aromatic rings. The Bertz CT molecular complexity index is 574. The zero-order valence-electron chi connectivity index (χ0n) is 11.6. The number of aromatic amines is 1. The fourth-order valence-electron chi connectivity index (χ4n) is 1.88. The molecule has 0 radical (unpaired) electrons. The number of nitrogens with one attached hydrogen (secondary N) is 3. The number of carbonyl (C=O) groups is 1. The van der Waals surface area contributed by atoms with E-state index in [9.17, 15) is 4.79 Å². The van der Waals surface area contributed by atoms with Gasteiger partial charge in [-0.15, -0.1) is 0 Å². The molecule has 0 saturated heterocycles. The summed E-state index contributed by atoms with van der Waals surface area (Å²) < 4.78 is 0. The normalized spacial score (nSPS) is 11.2. The fourth-order valence-corrected chi connectivity index (χ4v) is 1.88. The van der Waals surface area contributed by atoms with E-state index in [0.717, 1.165) is 22.4 Å². The summed E-state index contributed by atoms with van der Waals surface area (Å²) >= 11 is 0. The van der Waals surface area contributed by atoms with Crippen molar-refractivity contribution in [2.75, 3.05) is 13.6 Å². The maximum atomic E-state index is 11.4. The van der Waals surface area contributed by atoms with Gasteiger partial charge in [0.2, 0.25) is 5.91 Å². The maximum Gasteiger partial charge on any atom is 0.234 e. The van der Waals surface area contributed by atoms with E-state index >= 15 is 0 Å². The van der Waals surface area contributed by atoms with E-state index < -0.39 is 0 Å². The molecular formula is C14H20N4O. The third-order valence-corrected chi connectivity index (χ3v) is 2.94. The molecule has 0 aliphatic rings. The summed E-state index contributed by atoms with van der Waals surface area (Å²) in [5.74, 6) is 1.37. The van der Waals surface area contributed by atoms with E-state index in [1.165, 1.54) is 0 Å². The number of rotatable bonds is 5. The minimum absolute atomic E-state index is 0.00456. The first-order valence-corrected chi connectivity index (χ1v) is 6.50. The average Bonchev–Trinajstić information content (AvgIpc) is 2.80. The smallest absolute Gasteiger partial charge is 0.234 e. The summed E-state index contributed by atoms with van der Waals surface area (Å²) in [5.41, 5.74) is 3.05. The van der Waals surface area contributed by atoms with Gasteiger partial charge in [-0.2, -0.15) is 0 Å². The van der Waals surface area contributed by atoms with Gasteiger partial charge in [-0.25, -0.2) is 4.98 Å². The third kappa shape index (κ3) is 3.32. The Morgan fingerprint density at radius 1 is 1.42 bits per heavy atom. The number of H-pyrrole nitrogens is 1. The minimum atomic E-state index is -0.00456. The highest BCUT2D eigenvalue weighted by atomic mass is 16.1. The van der Waals surface area contributed by atoms with Crippen LogP contribution in [0.15, 0.2) is 18.2 Å². The van der Waals surface area contributed by atoms with Crippen LogP contribution in [0.25, 0.3) is 11.0 Å². The molecule has 1 aromatic carbocycles. The predicted molar refractivity (Wildman–Crippen MR) is 76.0 cm³/mol. The number of likely N-dealkylation sites (N-methyl/N-ethyl adjacent to an activating group) is 1. The van der Waals surface area contributed by atoms with Gasteiger partial charge in [0.25, 0.3) is 0 Å². The topological polar surface area (TPSA) is 69.8 Å². The molecule has 3 N–H and O–H groups in total. The van der Waals surface area contributed by atoms with Crippen molar-refractivity contribution in [3.8, 4) is 0 Å². The molecule has 0 atom stereocenters. The molecule has 0 aliphatic heterocycles. The number of imidazole rings is 1. The molecule has 0 spiro atoms. The molecule has 102 valence electrons. The maximum absolute atomic E-state index is 11.4. The van der Waals surface area contributed by atoms with Crippen LogP contribution in [-0.4, -0.2) is 29.5 Å². The second-order valence-corrected chi connectivity index (χ2v) is 4.94. The standard InChI is InChI=1S/C14H20N4O/c1-9(2)14-17-11-5-4-10(6-12(11)18-14)7-16-13(19)8-15-3/h4-6,9,15H,7-8H2,1-3H3,(H,16,19)(H,17,18). The molecule has 1 amide bonds. The molecule has 2 rings (SSSR count). The number of amides is 1. The molecule has 0 bridgehead atoms. The van der Waals surface area contributed by atoms with Gasteiger partial charge < -0.3 is 15.6 Å². The van der Waals surface area contributed by atoms with E-state index in [-0.39, 0.29) is 5.91 Å². The highest BCUT2D eigenvalue weighted by Crippen LogP contribution is 2.18. The van der Waals surface area contributed by atoms with Crippen molar-refractivity contribution < 1.29 is 4.79 Å². The number of aromatic nitrogens is 2. The lowest BCUT2D eigenvalue weighted by Crippen LogP contribution is -2.31. The molecular weight excluding hydrogens is 240 g/mol. The summed E-state index contributed by atoms with van der Waals surface area (Å²) in [4.78, 5) is 19.2. The second-order valence-electron chi connectivity index (χ2n) is 4.94. The van der Waals surface area contributed by atoms with Gasteiger partial charge >= 0.3 is 0 Å². The Morgan fingerprint density at radius 3 is 2.89 bits per heavy atom. The fraction of sp³-hybridized carbons (Fsp3) is 0.429. The van der Waals surface area contributed by atoms with E-state index in [2.05, 4.69) is 34.4 Å². The molecule has 0 saturated carbocycles. The first-order valence-electron chi connectivity index (χ1n) is 6.50. The lowest BCUT2D eigenvalue weighted by Gasteiger charge is -2.04. The van der Waals surface area contributed by atoms with Crippen molar-refractivity contribution in [3.63, 3.8) is 0 Å². The van der Waals surface area contributed by atoms with Crippen molar-refractivity contribution in [2.45, 2.75) is 26.3 Å². The quantitative estimate of drug-likeness (QED) is 0.763. The molecule has 19 heavy (non-hydrogen) atoms. The Hall–Kier alpha value is -1.88. The Kier molecular flexibility index (Phi) is 4.16. The molecule has 0 fully saturated rings. The number of fused-ring (bicyclic) bond motifs is 1. The van der Waals surface area contributed by atoms with Gasteiger partial charge in [0.1, 0.15) is 5.82 Å². The minimum Gasteiger partial charge on any atom is -0.351 e. The number of carbonyl (C=O) groups excluding carboxylic acids is 1. The van der Waals surface area contributed by atoms with Crippen LogP contribution in [0.5, 0.6) is 0 Å². The molecule has 1 aromatic heterocycles. The van der Waals surface area contributed by atoms with Gasteiger partial charge in [-0.1, -0.05) is 19.9 Å². The number of benzene rings is 1. The van der Waals surface area contributed by atoms with Crippen LogP contribution in [0.1, 0.15) is 31.2 Å². The van der Waals surface area contributed by atoms with Gasteiger partial charge in [0.15, 0.2) is 0 Å². The predicted octanol–water partition coefficient (Wildman–Crippen LogP) is 1.52. The zero-order chi connectivity index (χ0) is 13.8. The third-order valence-electron chi connectivity index (χ3n) is 2.94. The molecule has 0 aliphatic carbocycles. The van der Waals surface area contributed by atoms with Crippen molar-refractivity contribution in [3.05, 3.63) is 29.6 Å². The summed E-state index contributed by atoms with van der Waals surface area (Å²) in [5, 5.41) is 5.68. The Morgan fingerprint density at radius 2 is 2.21 bits per heavy atom. The Balaban J connectivity index is 2.10. The monoisotopic (exact) mass is 260 g/mol. The molecule has 5 heteroatoms. The highest BCUT2D eigenvalue weighted by Gasteiger charge is 2.07. The SMILES string of the molecule is CNCC(=O)NCc1ccc2nc(C(C)C)[nH]c2c1. The van der Waals surface area contributed by atoms with Crippen LogP contribution < -0.4 is 10.6 Å². The molecule has 1 heterocycles. The lowest BCUT2D eigenvalue weighted by atomic mass is 10.2. The van der Waals surface area contributed by atoms with Crippen LogP contribution in [0.4, 0.5) is 0 Å². The summed E-state index contributed by atoms with van der Waals surface area (Å²) in [6, 6.07) is 6.01.